The first kappa shape index (κ1) is 14.3. The molecule has 0 aliphatic carbocycles. The average molecular weight is 288 g/mol. The van der Waals surface area contributed by atoms with Gasteiger partial charge < -0.3 is 4.90 Å². The number of carbonyl (C=O) groups excluding carboxylic acids is 1. The van der Waals surface area contributed by atoms with Crippen molar-refractivity contribution in [2.75, 3.05) is 6.54 Å². The van der Waals surface area contributed by atoms with Gasteiger partial charge in [0.05, 0.1) is 10.6 Å². The summed E-state index contributed by atoms with van der Waals surface area (Å²) < 4.78 is 27.2. The largest absolute Gasteiger partial charge is 0.336 e. The smallest absolute Gasteiger partial charge is 0.257 e. The summed E-state index contributed by atoms with van der Waals surface area (Å²) >= 11 is 5.49. The number of nitrogens with zero attached hydrogens (tertiary/aromatic N) is 1. The number of likely N-dealkylation sites (tertiary alicyclic amines) is 1. The summed E-state index contributed by atoms with van der Waals surface area (Å²) in [5, 5.41) is -0.306. The van der Waals surface area contributed by atoms with E-state index < -0.39 is 17.5 Å². The highest BCUT2D eigenvalue weighted by molar-refractivity contribution is 6.30. The molecule has 1 unspecified atom stereocenters. The van der Waals surface area contributed by atoms with Gasteiger partial charge in [-0.25, -0.2) is 8.78 Å². The second-order valence-corrected chi connectivity index (χ2v) is 5.19. The van der Waals surface area contributed by atoms with Gasteiger partial charge in [0.25, 0.3) is 5.91 Å². The number of rotatable bonds is 2. The van der Waals surface area contributed by atoms with E-state index in [1.165, 1.54) is 12.1 Å². The van der Waals surface area contributed by atoms with Crippen LogP contribution in [0, 0.1) is 11.6 Å². The Hall–Kier alpha value is -1.16. The summed E-state index contributed by atoms with van der Waals surface area (Å²) in [5.74, 6) is -2.75. The number of hydrogen-bond donors (Lipinski definition) is 0. The minimum absolute atomic E-state index is 0.111. The van der Waals surface area contributed by atoms with Gasteiger partial charge in [0.15, 0.2) is 11.6 Å². The summed E-state index contributed by atoms with van der Waals surface area (Å²) in [6, 6.07) is 2.59. The second kappa shape index (κ2) is 5.87. The SMILES string of the molecule is CCC1CCCCN1C(=O)c1ccc(Cl)c(F)c1F. The third-order valence-corrected chi connectivity index (χ3v) is 3.92. The van der Waals surface area contributed by atoms with Crippen LogP contribution in [-0.4, -0.2) is 23.4 Å². The van der Waals surface area contributed by atoms with Gasteiger partial charge in [-0.3, -0.25) is 4.79 Å². The molecule has 2 rings (SSSR count). The molecular formula is C14H16ClF2NO. The molecular weight excluding hydrogens is 272 g/mol. The number of amides is 1. The second-order valence-electron chi connectivity index (χ2n) is 4.78. The van der Waals surface area contributed by atoms with Crippen molar-refractivity contribution in [2.24, 2.45) is 0 Å². The maximum atomic E-state index is 13.8. The van der Waals surface area contributed by atoms with E-state index in [-0.39, 0.29) is 16.6 Å². The van der Waals surface area contributed by atoms with Gasteiger partial charge in [-0.1, -0.05) is 18.5 Å². The van der Waals surface area contributed by atoms with Gasteiger partial charge in [-0.05, 0) is 37.8 Å². The molecule has 0 N–H and O–H groups in total. The van der Waals surface area contributed by atoms with Crippen molar-refractivity contribution in [1.82, 2.24) is 4.90 Å². The van der Waals surface area contributed by atoms with E-state index in [4.69, 9.17) is 11.6 Å². The zero-order chi connectivity index (χ0) is 14.0. The number of carbonyl (C=O) groups is 1. The van der Waals surface area contributed by atoms with Gasteiger partial charge >= 0.3 is 0 Å². The zero-order valence-electron chi connectivity index (χ0n) is 10.8. The van der Waals surface area contributed by atoms with E-state index in [1.807, 2.05) is 6.92 Å². The molecule has 1 heterocycles. The van der Waals surface area contributed by atoms with Crippen molar-refractivity contribution in [1.29, 1.82) is 0 Å². The van der Waals surface area contributed by atoms with Crippen molar-refractivity contribution < 1.29 is 13.6 Å². The predicted molar refractivity (Wildman–Crippen MR) is 70.3 cm³/mol. The Morgan fingerprint density at radius 2 is 2.11 bits per heavy atom. The van der Waals surface area contributed by atoms with Crippen LogP contribution in [0.25, 0.3) is 0 Å². The van der Waals surface area contributed by atoms with Crippen molar-refractivity contribution in [2.45, 2.75) is 38.6 Å². The molecule has 1 aliphatic rings. The van der Waals surface area contributed by atoms with Gasteiger partial charge in [0.2, 0.25) is 0 Å². The average Bonchev–Trinajstić information content (AvgIpc) is 2.44. The Kier molecular flexibility index (Phi) is 4.40. The van der Waals surface area contributed by atoms with E-state index >= 15 is 0 Å². The molecule has 2 nitrogen and oxygen atoms in total. The number of halogens is 3. The molecule has 1 aromatic rings. The summed E-state index contributed by atoms with van der Waals surface area (Å²) in [6.07, 6.45) is 3.71. The number of hydrogen-bond acceptors (Lipinski definition) is 1. The van der Waals surface area contributed by atoms with Crippen LogP contribution in [0.15, 0.2) is 12.1 Å². The lowest BCUT2D eigenvalue weighted by atomic mass is 9.98. The maximum Gasteiger partial charge on any atom is 0.257 e. The Labute approximate surface area is 116 Å². The van der Waals surface area contributed by atoms with E-state index in [2.05, 4.69) is 0 Å². The predicted octanol–water partition coefficient (Wildman–Crippen LogP) is 4.02. The normalized spacial score (nSPS) is 19.6. The van der Waals surface area contributed by atoms with E-state index in [9.17, 15) is 13.6 Å². The van der Waals surface area contributed by atoms with Crippen molar-refractivity contribution >= 4 is 17.5 Å². The highest BCUT2D eigenvalue weighted by Crippen LogP contribution is 2.25. The van der Waals surface area contributed by atoms with Crippen LogP contribution >= 0.6 is 11.6 Å². The summed E-state index contributed by atoms with van der Waals surface area (Å²) in [6.45, 7) is 2.59. The van der Waals surface area contributed by atoms with Gasteiger partial charge in [0, 0.05) is 12.6 Å². The molecule has 1 saturated heterocycles. The Balaban J connectivity index is 2.31. The zero-order valence-corrected chi connectivity index (χ0v) is 11.5. The number of benzene rings is 1. The molecule has 19 heavy (non-hydrogen) atoms. The molecule has 0 saturated carbocycles. The van der Waals surface area contributed by atoms with E-state index in [1.54, 1.807) is 4.90 Å². The van der Waals surface area contributed by atoms with Crippen LogP contribution in [0.2, 0.25) is 5.02 Å². The molecule has 0 spiro atoms. The lowest BCUT2D eigenvalue weighted by Gasteiger charge is -2.35. The van der Waals surface area contributed by atoms with Gasteiger partial charge in [-0.15, -0.1) is 0 Å². The minimum atomic E-state index is -1.16. The summed E-state index contributed by atoms with van der Waals surface area (Å²) in [5.41, 5.74) is -0.234. The molecule has 1 atom stereocenters. The molecule has 1 amide bonds. The third-order valence-electron chi connectivity index (χ3n) is 3.62. The Morgan fingerprint density at radius 3 is 2.79 bits per heavy atom. The first-order valence-electron chi connectivity index (χ1n) is 6.50. The molecule has 1 aromatic carbocycles. The quantitative estimate of drug-likeness (QED) is 0.752. The molecule has 1 fully saturated rings. The Morgan fingerprint density at radius 1 is 1.37 bits per heavy atom. The molecule has 1 aliphatic heterocycles. The highest BCUT2D eigenvalue weighted by Gasteiger charge is 2.29. The summed E-state index contributed by atoms with van der Waals surface area (Å²) in [7, 11) is 0. The first-order valence-corrected chi connectivity index (χ1v) is 6.88. The lowest BCUT2D eigenvalue weighted by Crippen LogP contribution is -2.43. The van der Waals surface area contributed by atoms with Crippen molar-refractivity contribution in [3.8, 4) is 0 Å². The van der Waals surface area contributed by atoms with Crippen LogP contribution in [0.4, 0.5) is 8.78 Å². The Bertz CT molecular complexity index is 493. The van der Waals surface area contributed by atoms with E-state index in [0.29, 0.717) is 6.54 Å². The fourth-order valence-corrected chi connectivity index (χ4v) is 2.68. The maximum absolute atomic E-state index is 13.8. The van der Waals surface area contributed by atoms with Crippen LogP contribution in [0.1, 0.15) is 43.0 Å². The van der Waals surface area contributed by atoms with Crippen LogP contribution in [0.3, 0.4) is 0 Å². The van der Waals surface area contributed by atoms with E-state index in [0.717, 1.165) is 25.7 Å². The molecule has 0 radical (unpaired) electrons. The minimum Gasteiger partial charge on any atom is -0.336 e. The first-order chi connectivity index (χ1) is 9.06. The lowest BCUT2D eigenvalue weighted by molar-refractivity contribution is 0.0602. The van der Waals surface area contributed by atoms with Crippen molar-refractivity contribution in [3.63, 3.8) is 0 Å². The fourth-order valence-electron chi connectivity index (χ4n) is 2.54. The van der Waals surface area contributed by atoms with Crippen LogP contribution in [-0.2, 0) is 0 Å². The summed E-state index contributed by atoms with van der Waals surface area (Å²) in [4.78, 5) is 14.0. The van der Waals surface area contributed by atoms with Gasteiger partial charge in [0.1, 0.15) is 0 Å². The highest BCUT2D eigenvalue weighted by atomic mass is 35.5. The van der Waals surface area contributed by atoms with Gasteiger partial charge in [-0.2, -0.15) is 0 Å². The van der Waals surface area contributed by atoms with Crippen molar-refractivity contribution in [3.05, 3.63) is 34.4 Å². The monoisotopic (exact) mass is 287 g/mol. The topological polar surface area (TPSA) is 20.3 Å². The standard InChI is InChI=1S/C14H16ClF2NO/c1-2-9-5-3-4-8-18(9)14(19)10-6-7-11(15)13(17)12(10)16/h6-7,9H,2-5,8H2,1H3. The number of piperidine rings is 1. The molecule has 0 bridgehead atoms. The molecule has 5 heteroatoms. The fraction of sp³-hybridized carbons (Fsp3) is 0.500. The van der Waals surface area contributed by atoms with Crippen LogP contribution < -0.4 is 0 Å². The molecule has 104 valence electrons. The third kappa shape index (κ3) is 2.73. The molecule has 0 aromatic heterocycles. The van der Waals surface area contributed by atoms with Crippen LogP contribution in [0.5, 0.6) is 0 Å².